The van der Waals surface area contributed by atoms with Crippen molar-refractivity contribution in [2.24, 2.45) is 0 Å². The number of amides is 2. The van der Waals surface area contributed by atoms with Gasteiger partial charge in [0.25, 0.3) is 0 Å². The van der Waals surface area contributed by atoms with Gasteiger partial charge in [0.2, 0.25) is 10.0 Å². The van der Waals surface area contributed by atoms with Crippen LogP contribution in [0.25, 0.3) is 5.65 Å². The zero-order valence-electron chi connectivity index (χ0n) is 17.7. The highest BCUT2D eigenvalue weighted by Crippen LogP contribution is 2.36. The van der Waals surface area contributed by atoms with Gasteiger partial charge in [-0.1, -0.05) is 0 Å². The molecule has 4 rings (SSSR count). The Labute approximate surface area is 180 Å². The van der Waals surface area contributed by atoms with Crippen molar-refractivity contribution < 1.29 is 23.1 Å². The van der Waals surface area contributed by atoms with E-state index in [0.717, 1.165) is 12.8 Å². The quantitative estimate of drug-likeness (QED) is 0.685. The number of urea groups is 1. The Morgan fingerprint density at radius 3 is 2.39 bits per heavy atom. The molecule has 11 nitrogen and oxygen atoms in total. The minimum Gasteiger partial charge on any atom is -0.477 e. The Hall–Kier alpha value is -2.86. The topological polar surface area (TPSA) is 128 Å². The molecule has 0 radical (unpaired) electrons. The van der Waals surface area contributed by atoms with Crippen LogP contribution in [0.3, 0.4) is 0 Å². The molecule has 0 spiro atoms. The molecule has 3 heterocycles. The summed E-state index contributed by atoms with van der Waals surface area (Å²) in [6.07, 6.45) is 4.04. The number of carbonyl (C=O) groups excluding carboxylic acids is 1. The summed E-state index contributed by atoms with van der Waals surface area (Å²) in [4.78, 5) is 33.3. The predicted molar refractivity (Wildman–Crippen MR) is 113 cm³/mol. The lowest BCUT2D eigenvalue weighted by Gasteiger charge is -2.37. The van der Waals surface area contributed by atoms with Crippen LogP contribution in [0.15, 0.2) is 23.4 Å². The summed E-state index contributed by atoms with van der Waals surface area (Å²) >= 11 is 0. The molecule has 31 heavy (non-hydrogen) atoms. The van der Waals surface area contributed by atoms with Crippen LogP contribution in [0.2, 0.25) is 0 Å². The number of nitrogens with zero attached hydrogens (tertiary/aromatic N) is 5. The second-order valence-corrected chi connectivity index (χ2v) is 10.2. The van der Waals surface area contributed by atoms with E-state index in [1.807, 2.05) is 11.8 Å². The molecule has 1 saturated carbocycles. The molecule has 1 saturated heterocycles. The number of aromatic carboxylic acids is 1. The molecule has 2 N–H and O–H groups in total. The lowest BCUT2D eigenvalue weighted by atomic mass is 10.2. The maximum Gasteiger partial charge on any atom is 0.354 e. The van der Waals surface area contributed by atoms with E-state index in [0.29, 0.717) is 37.5 Å². The van der Waals surface area contributed by atoms with Crippen LogP contribution in [0.4, 0.5) is 10.5 Å². The SMILES string of the molecule is CN(C)C(=O)N1CCN(c2cc(S(=O)(=O)NC3(C)CC3)cn3c(C(=O)O)cnc23)CC1. The minimum absolute atomic E-state index is 0.0181. The number of piperazine rings is 1. The van der Waals surface area contributed by atoms with Gasteiger partial charge in [-0.2, -0.15) is 0 Å². The van der Waals surface area contributed by atoms with Crippen LogP contribution >= 0.6 is 0 Å². The summed E-state index contributed by atoms with van der Waals surface area (Å²) in [5, 5.41) is 9.52. The molecule has 0 atom stereocenters. The average Bonchev–Trinajstić information content (AvgIpc) is 3.25. The third-order valence-corrected chi connectivity index (χ3v) is 7.35. The summed E-state index contributed by atoms with van der Waals surface area (Å²) < 4.78 is 30.0. The van der Waals surface area contributed by atoms with Gasteiger partial charge in [-0.05, 0) is 25.8 Å². The number of fused-ring (bicyclic) bond motifs is 1. The van der Waals surface area contributed by atoms with E-state index in [9.17, 15) is 23.1 Å². The molecule has 0 aromatic carbocycles. The lowest BCUT2D eigenvalue weighted by molar-refractivity contribution is 0.0689. The summed E-state index contributed by atoms with van der Waals surface area (Å²) in [6, 6.07) is 1.45. The number of rotatable bonds is 5. The van der Waals surface area contributed by atoms with Gasteiger partial charge in [0.1, 0.15) is 4.90 Å². The summed E-state index contributed by atoms with van der Waals surface area (Å²) in [5.41, 5.74) is 0.304. The van der Waals surface area contributed by atoms with Gasteiger partial charge in [0, 0.05) is 52.0 Å². The van der Waals surface area contributed by atoms with Crippen LogP contribution in [-0.2, 0) is 10.0 Å². The monoisotopic (exact) mass is 450 g/mol. The van der Waals surface area contributed by atoms with Crippen molar-refractivity contribution >= 4 is 33.4 Å². The van der Waals surface area contributed by atoms with Crippen LogP contribution in [-0.4, -0.2) is 90.5 Å². The van der Waals surface area contributed by atoms with Crippen LogP contribution < -0.4 is 9.62 Å². The van der Waals surface area contributed by atoms with Crippen molar-refractivity contribution in [2.75, 3.05) is 45.2 Å². The first-order chi connectivity index (χ1) is 14.5. The van der Waals surface area contributed by atoms with Crippen LogP contribution in [0.1, 0.15) is 30.3 Å². The third-order valence-electron chi connectivity index (χ3n) is 5.74. The number of hydrogen-bond donors (Lipinski definition) is 2. The third kappa shape index (κ3) is 4.04. The molecule has 2 aromatic heterocycles. The Morgan fingerprint density at radius 1 is 1.19 bits per heavy atom. The maximum absolute atomic E-state index is 13.0. The largest absolute Gasteiger partial charge is 0.477 e. The van der Waals surface area contributed by atoms with Crippen molar-refractivity contribution in [1.29, 1.82) is 0 Å². The number of anilines is 1. The first-order valence-electron chi connectivity index (χ1n) is 10.0. The zero-order chi connectivity index (χ0) is 22.6. The zero-order valence-corrected chi connectivity index (χ0v) is 18.5. The molecule has 1 aliphatic carbocycles. The smallest absolute Gasteiger partial charge is 0.354 e. The fourth-order valence-electron chi connectivity index (χ4n) is 3.68. The molecular weight excluding hydrogens is 424 g/mol. The Kier molecular flexibility index (Phi) is 5.09. The lowest BCUT2D eigenvalue weighted by Crippen LogP contribution is -2.51. The number of carboxylic acid groups (broad SMARTS) is 1. The molecule has 2 amide bonds. The second kappa shape index (κ2) is 7.38. The van der Waals surface area contributed by atoms with Gasteiger partial charge >= 0.3 is 12.0 Å². The fraction of sp³-hybridized carbons (Fsp3) is 0.526. The molecule has 168 valence electrons. The maximum atomic E-state index is 13.0. The highest BCUT2D eigenvalue weighted by molar-refractivity contribution is 7.89. The molecule has 12 heteroatoms. The van der Waals surface area contributed by atoms with E-state index in [2.05, 4.69) is 9.71 Å². The standard InChI is InChI=1S/C19H26N6O5S/c1-19(4-5-19)21-31(29,30)13-10-14(16-20-11-15(17(26)27)25(16)12-13)23-6-8-24(9-7-23)18(28)22(2)3/h10-12,21H,4-9H2,1-3H3,(H,26,27). The first kappa shape index (κ1) is 21.4. The Morgan fingerprint density at radius 2 is 1.84 bits per heavy atom. The van der Waals surface area contributed by atoms with Gasteiger partial charge < -0.3 is 19.8 Å². The van der Waals surface area contributed by atoms with Gasteiger partial charge in [-0.3, -0.25) is 4.40 Å². The normalized spacial score (nSPS) is 18.3. The van der Waals surface area contributed by atoms with E-state index in [-0.39, 0.29) is 16.6 Å². The Bertz CT molecular complexity index is 1150. The molecule has 1 aliphatic heterocycles. The molecule has 0 unspecified atom stereocenters. The first-order valence-corrected chi connectivity index (χ1v) is 11.5. The number of carboxylic acids is 1. The van der Waals surface area contributed by atoms with Crippen molar-refractivity contribution in [2.45, 2.75) is 30.2 Å². The number of nitrogens with one attached hydrogen (secondary N) is 1. The number of aromatic nitrogens is 2. The summed E-state index contributed by atoms with van der Waals surface area (Å²) in [7, 11) is -0.469. The highest BCUT2D eigenvalue weighted by atomic mass is 32.2. The molecular formula is C19H26N6O5S. The summed E-state index contributed by atoms with van der Waals surface area (Å²) in [6.45, 7) is 3.70. The van der Waals surface area contributed by atoms with Crippen molar-refractivity contribution in [3.05, 3.63) is 24.2 Å². The van der Waals surface area contributed by atoms with E-state index in [1.165, 1.54) is 27.8 Å². The van der Waals surface area contributed by atoms with Gasteiger partial charge in [0.05, 0.1) is 11.9 Å². The van der Waals surface area contributed by atoms with Crippen molar-refractivity contribution in [3.8, 4) is 0 Å². The van der Waals surface area contributed by atoms with Gasteiger partial charge in [0.15, 0.2) is 11.3 Å². The van der Waals surface area contributed by atoms with E-state index in [1.54, 1.807) is 19.0 Å². The molecule has 0 bridgehead atoms. The van der Waals surface area contributed by atoms with Crippen LogP contribution in [0.5, 0.6) is 0 Å². The van der Waals surface area contributed by atoms with E-state index < -0.39 is 21.5 Å². The number of pyridine rings is 1. The highest BCUT2D eigenvalue weighted by Gasteiger charge is 2.41. The van der Waals surface area contributed by atoms with E-state index in [4.69, 9.17) is 0 Å². The second-order valence-electron chi connectivity index (χ2n) is 8.52. The van der Waals surface area contributed by atoms with Crippen LogP contribution in [0, 0.1) is 0 Å². The van der Waals surface area contributed by atoms with Crippen molar-refractivity contribution in [1.82, 2.24) is 23.9 Å². The number of hydrogen-bond acceptors (Lipinski definition) is 6. The predicted octanol–water partition coefficient (Wildman–Crippen LogP) is 0.667. The fourth-order valence-corrected chi connectivity index (χ4v) is 5.16. The number of imidazole rings is 1. The van der Waals surface area contributed by atoms with Crippen molar-refractivity contribution in [3.63, 3.8) is 0 Å². The number of carbonyl (C=O) groups is 2. The molecule has 2 aromatic rings. The summed E-state index contributed by atoms with van der Waals surface area (Å²) in [5.74, 6) is -1.20. The van der Waals surface area contributed by atoms with Gasteiger partial charge in [-0.25, -0.2) is 27.7 Å². The average molecular weight is 451 g/mol. The number of sulfonamides is 1. The molecule has 2 fully saturated rings. The van der Waals surface area contributed by atoms with Gasteiger partial charge in [-0.15, -0.1) is 0 Å². The van der Waals surface area contributed by atoms with E-state index >= 15 is 0 Å². The Balaban J connectivity index is 1.73. The minimum atomic E-state index is -3.85. The molecule has 2 aliphatic rings.